The third kappa shape index (κ3) is 2.70. The molecule has 2 aromatic heterocycles. The van der Waals surface area contributed by atoms with Crippen molar-refractivity contribution in [1.82, 2.24) is 24.7 Å². The second-order valence-corrected chi connectivity index (χ2v) is 4.46. The van der Waals surface area contributed by atoms with E-state index < -0.39 is 6.10 Å². The zero-order chi connectivity index (χ0) is 13.1. The number of aliphatic hydroxyl groups excluding tert-OH is 1. The molecule has 0 bridgehead atoms. The standard InChI is InChI=1S/C12H17N5O/c1-8(2)17-12(14-7-15-17)6-11(18)10-4-5-13-9(3)16-10/h4-5,7-8,11,18H,6H2,1-3H3. The molecule has 1 N–H and O–H groups in total. The van der Waals surface area contributed by atoms with Crippen molar-refractivity contribution in [1.29, 1.82) is 0 Å². The molecule has 0 radical (unpaired) electrons. The number of hydrogen-bond donors (Lipinski definition) is 1. The molecule has 0 aliphatic heterocycles. The fourth-order valence-electron chi connectivity index (χ4n) is 1.79. The van der Waals surface area contributed by atoms with Crippen molar-refractivity contribution in [2.45, 2.75) is 39.3 Å². The summed E-state index contributed by atoms with van der Waals surface area (Å²) in [5, 5.41) is 14.3. The average Bonchev–Trinajstić information content (AvgIpc) is 2.77. The van der Waals surface area contributed by atoms with E-state index in [4.69, 9.17) is 0 Å². The maximum Gasteiger partial charge on any atom is 0.138 e. The van der Waals surface area contributed by atoms with E-state index in [2.05, 4.69) is 20.1 Å². The Hall–Kier alpha value is -1.82. The number of aromatic nitrogens is 5. The SMILES string of the molecule is Cc1nccc(C(O)Cc2ncnn2C(C)C)n1. The molecule has 0 saturated carbocycles. The van der Waals surface area contributed by atoms with Crippen LogP contribution in [0.15, 0.2) is 18.6 Å². The predicted octanol–water partition coefficient (Wildman–Crippen LogP) is 1.23. The Kier molecular flexibility index (Phi) is 3.66. The minimum atomic E-state index is -0.687. The zero-order valence-electron chi connectivity index (χ0n) is 10.8. The van der Waals surface area contributed by atoms with E-state index in [0.717, 1.165) is 5.82 Å². The molecule has 18 heavy (non-hydrogen) atoms. The molecule has 2 aromatic rings. The van der Waals surface area contributed by atoms with Crippen molar-refractivity contribution >= 4 is 0 Å². The largest absolute Gasteiger partial charge is 0.386 e. The average molecular weight is 247 g/mol. The lowest BCUT2D eigenvalue weighted by Gasteiger charge is -2.13. The lowest BCUT2D eigenvalue weighted by molar-refractivity contribution is 0.168. The molecule has 0 aliphatic rings. The normalized spacial score (nSPS) is 12.9. The van der Waals surface area contributed by atoms with Crippen molar-refractivity contribution in [2.24, 2.45) is 0 Å². The molecule has 0 amide bonds. The van der Waals surface area contributed by atoms with Gasteiger partial charge in [0.1, 0.15) is 24.1 Å². The van der Waals surface area contributed by atoms with Crippen LogP contribution in [0.25, 0.3) is 0 Å². The van der Waals surface area contributed by atoms with Gasteiger partial charge in [0.2, 0.25) is 0 Å². The number of rotatable bonds is 4. The van der Waals surface area contributed by atoms with Crippen LogP contribution in [0.1, 0.15) is 43.3 Å². The molecular weight excluding hydrogens is 230 g/mol. The van der Waals surface area contributed by atoms with Crippen molar-refractivity contribution in [2.75, 3.05) is 0 Å². The van der Waals surface area contributed by atoms with E-state index in [0.29, 0.717) is 17.9 Å². The Morgan fingerprint density at radius 3 is 2.78 bits per heavy atom. The quantitative estimate of drug-likeness (QED) is 0.879. The van der Waals surface area contributed by atoms with Crippen molar-refractivity contribution in [3.8, 4) is 0 Å². The van der Waals surface area contributed by atoms with Gasteiger partial charge in [-0.25, -0.2) is 19.6 Å². The first kappa shape index (κ1) is 12.6. The van der Waals surface area contributed by atoms with Gasteiger partial charge in [-0.05, 0) is 26.8 Å². The second kappa shape index (κ2) is 5.22. The van der Waals surface area contributed by atoms with E-state index in [-0.39, 0.29) is 6.04 Å². The highest BCUT2D eigenvalue weighted by Crippen LogP contribution is 2.16. The van der Waals surface area contributed by atoms with Gasteiger partial charge < -0.3 is 5.11 Å². The smallest absolute Gasteiger partial charge is 0.138 e. The number of aryl methyl sites for hydroxylation is 1. The maximum atomic E-state index is 10.2. The van der Waals surface area contributed by atoms with Crippen LogP contribution in [0.3, 0.4) is 0 Å². The lowest BCUT2D eigenvalue weighted by atomic mass is 10.1. The molecule has 0 spiro atoms. The highest BCUT2D eigenvalue weighted by atomic mass is 16.3. The van der Waals surface area contributed by atoms with Gasteiger partial charge in [0.15, 0.2) is 0 Å². The van der Waals surface area contributed by atoms with Gasteiger partial charge in [0.05, 0.1) is 5.69 Å². The zero-order valence-corrected chi connectivity index (χ0v) is 10.8. The summed E-state index contributed by atoms with van der Waals surface area (Å²) in [5.74, 6) is 1.41. The number of hydrogen-bond acceptors (Lipinski definition) is 5. The van der Waals surface area contributed by atoms with E-state index >= 15 is 0 Å². The topological polar surface area (TPSA) is 76.7 Å². The van der Waals surface area contributed by atoms with Gasteiger partial charge in [-0.15, -0.1) is 0 Å². The highest BCUT2D eigenvalue weighted by molar-refractivity contribution is 5.07. The van der Waals surface area contributed by atoms with Crippen LogP contribution in [0, 0.1) is 6.92 Å². The number of nitrogens with zero attached hydrogens (tertiary/aromatic N) is 5. The van der Waals surface area contributed by atoms with Gasteiger partial charge in [0, 0.05) is 18.7 Å². The van der Waals surface area contributed by atoms with Crippen molar-refractivity contribution < 1.29 is 5.11 Å². The molecule has 6 heteroatoms. The summed E-state index contributed by atoms with van der Waals surface area (Å²) in [6.45, 7) is 5.85. The Bertz CT molecular complexity index is 523. The summed E-state index contributed by atoms with van der Waals surface area (Å²) in [7, 11) is 0. The van der Waals surface area contributed by atoms with Gasteiger partial charge in [-0.1, -0.05) is 0 Å². The molecule has 0 aromatic carbocycles. The molecule has 6 nitrogen and oxygen atoms in total. The van der Waals surface area contributed by atoms with Crippen LogP contribution >= 0.6 is 0 Å². The molecule has 1 atom stereocenters. The Morgan fingerprint density at radius 1 is 1.33 bits per heavy atom. The second-order valence-electron chi connectivity index (χ2n) is 4.46. The fraction of sp³-hybridized carbons (Fsp3) is 0.500. The van der Waals surface area contributed by atoms with Crippen molar-refractivity contribution in [3.05, 3.63) is 35.9 Å². The first-order valence-corrected chi connectivity index (χ1v) is 5.94. The molecule has 0 fully saturated rings. The first-order valence-electron chi connectivity index (χ1n) is 5.94. The van der Waals surface area contributed by atoms with Gasteiger partial charge in [0.25, 0.3) is 0 Å². The van der Waals surface area contributed by atoms with Crippen LogP contribution in [0.2, 0.25) is 0 Å². The number of aliphatic hydroxyl groups is 1. The molecule has 2 heterocycles. The third-order valence-corrected chi connectivity index (χ3v) is 2.65. The minimum Gasteiger partial charge on any atom is -0.386 e. The summed E-state index contributed by atoms with van der Waals surface area (Å²) in [6.07, 6.45) is 2.86. The van der Waals surface area contributed by atoms with Crippen molar-refractivity contribution in [3.63, 3.8) is 0 Å². The summed E-state index contributed by atoms with van der Waals surface area (Å²) in [5.41, 5.74) is 0.612. The van der Waals surface area contributed by atoms with Gasteiger partial charge >= 0.3 is 0 Å². The Labute approximate surface area is 106 Å². The van der Waals surface area contributed by atoms with Crippen LogP contribution < -0.4 is 0 Å². The summed E-state index contributed by atoms with van der Waals surface area (Å²) in [4.78, 5) is 12.4. The van der Waals surface area contributed by atoms with Gasteiger partial charge in [-0.3, -0.25) is 0 Å². The van der Waals surface area contributed by atoms with Crippen LogP contribution in [-0.4, -0.2) is 29.8 Å². The predicted molar refractivity (Wildman–Crippen MR) is 65.8 cm³/mol. The Balaban J connectivity index is 2.16. The summed E-state index contributed by atoms with van der Waals surface area (Å²) < 4.78 is 1.80. The first-order chi connectivity index (χ1) is 8.58. The lowest BCUT2D eigenvalue weighted by Crippen LogP contribution is -2.13. The highest BCUT2D eigenvalue weighted by Gasteiger charge is 2.15. The minimum absolute atomic E-state index is 0.224. The molecule has 2 rings (SSSR count). The third-order valence-electron chi connectivity index (χ3n) is 2.65. The summed E-state index contributed by atoms with van der Waals surface area (Å²) >= 11 is 0. The van der Waals surface area contributed by atoms with E-state index in [9.17, 15) is 5.11 Å². The van der Waals surface area contributed by atoms with E-state index in [1.165, 1.54) is 6.33 Å². The summed E-state index contributed by atoms with van der Waals surface area (Å²) in [6, 6.07) is 1.94. The molecular formula is C12H17N5O. The van der Waals surface area contributed by atoms with Crippen LogP contribution in [-0.2, 0) is 6.42 Å². The fourth-order valence-corrected chi connectivity index (χ4v) is 1.79. The van der Waals surface area contributed by atoms with E-state index in [1.807, 2.05) is 13.8 Å². The molecule has 1 unspecified atom stereocenters. The van der Waals surface area contributed by atoms with Crippen LogP contribution in [0.5, 0.6) is 0 Å². The Morgan fingerprint density at radius 2 is 2.11 bits per heavy atom. The molecule has 0 aliphatic carbocycles. The van der Waals surface area contributed by atoms with E-state index in [1.54, 1.807) is 23.9 Å². The molecule has 0 saturated heterocycles. The maximum absolute atomic E-state index is 10.2. The molecule has 96 valence electrons. The van der Waals surface area contributed by atoms with Crippen LogP contribution in [0.4, 0.5) is 0 Å². The van der Waals surface area contributed by atoms with Gasteiger partial charge in [-0.2, -0.15) is 5.10 Å². The monoisotopic (exact) mass is 247 g/mol.